The third-order valence-electron chi connectivity index (χ3n) is 4.32. The Morgan fingerprint density at radius 3 is 2.30 bits per heavy atom. The van der Waals surface area contributed by atoms with Crippen LogP contribution in [0.4, 0.5) is 4.79 Å². The number of likely N-dealkylation sites (tertiary alicyclic amines) is 1. The summed E-state index contributed by atoms with van der Waals surface area (Å²) in [4.78, 5) is 28.7. The van der Waals surface area contributed by atoms with Gasteiger partial charge in [-0.2, -0.15) is 0 Å². The van der Waals surface area contributed by atoms with Crippen LogP contribution in [-0.2, 0) is 22.6 Å². The predicted molar refractivity (Wildman–Crippen MR) is 86.7 cm³/mol. The highest BCUT2D eigenvalue weighted by Crippen LogP contribution is 2.27. The summed E-state index contributed by atoms with van der Waals surface area (Å²) in [7, 11) is 0. The van der Waals surface area contributed by atoms with Crippen LogP contribution in [0.2, 0.25) is 0 Å². The first-order chi connectivity index (χ1) is 10.8. The Balaban J connectivity index is 1.69. The summed E-state index contributed by atoms with van der Waals surface area (Å²) in [5.74, 6) is 0.0320. The van der Waals surface area contributed by atoms with Crippen LogP contribution >= 0.6 is 0 Å². The standard InChI is InChI=1S/C18H24N2O3/c1-18(2,3)23-17(22)20-10-6-9-15(20)16(21)19-11-13-7-4-5-8-14(13)12-19/h4-5,7-8,15H,6,9-12H2,1-3H3/t15-/m0/s1. The van der Waals surface area contributed by atoms with Crippen LogP contribution < -0.4 is 0 Å². The number of rotatable bonds is 1. The number of hydrogen-bond acceptors (Lipinski definition) is 3. The molecule has 0 unspecified atom stereocenters. The van der Waals surface area contributed by atoms with Crippen LogP contribution in [0.1, 0.15) is 44.7 Å². The van der Waals surface area contributed by atoms with Crippen LogP contribution in [0.15, 0.2) is 24.3 Å². The lowest BCUT2D eigenvalue weighted by molar-refractivity contribution is -0.136. The minimum absolute atomic E-state index is 0.0320. The molecule has 0 aromatic heterocycles. The van der Waals surface area contributed by atoms with E-state index in [4.69, 9.17) is 4.74 Å². The predicted octanol–water partition coefficient (Wildman–Crippen LogP) is 2.93. The lowest BCUT2D eigenvalue weighted by Gasteiger charge is -2.30. The number of hydrogen-bond donors (Lipinski definition) is 0. The van der Waals surface area contributed by atoms with E-state index in [0.29, 0.717) is 26.1 Å². The summed E-state index contributed by atoms with van der Waals surface area (Å²) in [5.41, 5.74) is 1.85. The molecule has 5 nitrogen and oxygen atoms in total. The van der Waals surface area contributed by atoms with Crippen LogP contribution in [0.5, 0.6) is 0 Å². The van der Waals surface area contributed by atoms with E-state index in [2.05, 4.69) is 12.1 Å². The molecule has 0 aliphatic carbocycles. The molecule has 0 radical (unpaired) electrons. The van der Waals surface area contributed by atoms with E-state index >= 15 is 0 Å². The van der Waals surface area contributed by atoms with Crippen molar-refractivity contribution in [1.29, 1.82) is 0 Å². The lowest BCUT2D eigenvalue weighted by Crippen LogP contribution is -2.47. The summed E-state index contributed by atoms with van der Waals surface area (Å²) >= 11 is 0. The molecule has 0 N–H and O–H groups in total. The van der Waals surface area contributed by atoms with Crippen molar-refractivity contribution in [2.45, 2.75) is 58.3 Å². The van der Waals surface area contributed by atoms with E-state index in [1.807, 2.05) is 37.8 Å². The highest BCUT2D eigenvalue weighted by Gasteiger charge is 2.39. The van der Waals surface area contributed by atoms with E-state index in [9.17, 15) is 9.59 Å². The van der Waals surface area contributed by atoms with Gasteiger partial charge in [0.05, 0.1) is 0 Å². The van der Waals surface area contributed by atoms with Crippen molar-refractivity contribution in [2.75, 3.05) is 6.54 Å². The Kier molecular flexibility index (Phi) is 4.04. The quantitative estimate of drug-likeness (QED) is 0.800. The summed E-state index contributed by atoms with van der Waals surface area (Å²) in [5, 5.41) is 0. The molecule has 1 aromatic rings. The maximum absolute atomic E-state index is 12.9. The first-order valence-corrected chi connectivity index (χ1v) is 8.20. The number of ether oxygens (including phenoxy) is 1. The van der Waals surface area contributed by atoms with Crippen molar-refractivity contribution in [3.8, 4) is 0 Å². The molecule has 124 valence electrons. The fraction of sp³-hybridized carbons (Fsp3) is 0.556. The number of fused-ring (bicyclic) bond motifs is 1. The van der Waals surface area contributed by atoms with Crippen molar-refractivity contribution in [1.82, 2.24) is 9.80 Å². The number of benzene rings is 1. The van der Waals surface area contributed by atoms with Gasteiger partial charge < -0.3 is 9.64 Å². The second kappa shape index (κ2) is 5.87. The topological polar surface area (TPSA) is 49.9 Å². The average molecular weight is 316 g/mol. The molecule has 23 heavy (non-hydrogen) atoms. The number of carbonyl (C=O) groups is 2. The molecule has 2 amide bonds. The number of nitrogens with zero attached hydrogens (tertiary/aromatic N) is 2. The fourth-order valence-corrected chi connectivity index (χ4v) is 3.26. The zero-order valence-electron chi connectivity index (χ0n) is 14.0. The summed E-state index contributed by atoms with van der Waals surface area (Å²) in [6, 6.07) is 7.72. The molecule has 1 fully saturated rings. The number of carbonyl (C=O) groups excluding carboxylic acids is 2. The van der Waals surface area contributed by atoms with E-state index in [1.54, 1.807) is 4.90 Å². The second-order valence-corrected chi connectivity index (χ2v) is 7.29. The molecule has 2 heterocycles. The van der Waals surface area contributed by atoms with E-state index in [0.717, 1.165) is 6.42 Å². The van der Waals surface area contributed by atoms with Gasteiger partial charge in [-0.25, -0.2) is 4.79 Å². The van der Waals surface area contributed by atoms with Gasteiger partial charge in [-0.3, -0.25) is 9.69 Å². The molecule has 1 saturated heterocycles. The lowest BCUT2D eigenvalue weighted by atomic mass is 10.1. The smallest absolute Gasteiger partial charge is 0.410 e. The third-order valence-corrected chi connectivity index (χ3v) is 4.32. The van der Waals surface area contributed by atoms with Crippen molar-refractivity contribution >= 4 is 12.0 Å². The molecule has 2 aliphatic rings. The van der Waals surface area contributed by atoms with Crippen LogP contribution in [0.25, 0.3) is 0 Å². The Morgan fingerprint density at radius 1 is 1.13 bits per heavy atom. The zero-order valence-corrected chi connectivity index (χ0v) is 14.0. The molecule has 1 atom stereocenters. The normalized spacial score (nSPS) is 20.6. The monoisotopic (exact) mass is 316 g/mol. The molecular weight excluding hydrogens is 292 g/mol. The van der Waals surface area contributed by atoms with Gasteiger partial charge in [0, 0.05) is 19.6 Å². The Morgan fingerprint density at radius 2 is 1.74 bits per heavy atom. The minimum atomic E-state index is -0.544. The van der Waals surface area contributed by atoms with Crippen molar-refractivity contribution in [3.63, 3.8) is 0 Å². The fourth-order valence-electron chi connectivity index (χ4n) is 3.26. The summed E-state index contributed by atoms with van der Waals surface area (Å²) in [6.45, 7) is 7.38. The summed E-state index contributed by atoms with van der Waals surface area (Å²) < 4.78 is 5.44. The van der Waals surface area contributed by atoms with Gasteiger partial charge >= 0.3 is 6.09 Å². The van der Waals surface area contributed by atoms with Gasteiger partial charge in [-0.1, -0.05) is 24.3 Å². The van der Waals surface area contributed by atoms with Crippen molar-refractivity contribution in [3.05, 3.63) is 35.4 Å². The number of amides is 2. The third kappa shape index (κ3) is 3.33. The van der Waals surface area contributed by atoms with Gasteiger partial charge in [0.25, 0.3) is 0 Å². The first-order valence-electron chi connectivity index (χ1n) is 8.20. The van der Waals surface area contributed by atoms with Gasteiger partial charge in [0.2, 0.25) is 5.91 Å². The van der Waals surface area contributed by atoms with Crippen LogP contribution in [0.3, 0.4) is 0 Å². The second-order valence-electron chi connectivity index (χ2n) is 7.29. The molecule has 0 bridgehead atoms. The van der Waals surface area contributed by atoms with E-state index in [1.165, 1.54) is 11.1 Å². The minimum Gasteiger partial charge on any atom is -0.444 e. The zero-order chi connectivity index (χ0) is 16.6. The molecule has 3 rings (SSSR count). The van der Waals surface area contributed by atoms with Gasteiger partial charge in [0.15, 0.2) is 0 Å². The first kappa shape index (κ1) is 15.8. The Labute approximate surface area is 137 Å². The Hall–Kier alpha value is -2.04. The molecular formula is C18H24N2O3. The maximum Gasteiger partial charge on any atom is 0.410 e. The Bertz CT molecular complexity index is 596. The maximum atomic E-state index is 12.9. The average Bonchev–Trinajstić information content (AvgIpc) is 3.11. The highest BCUT2D eigenvalue weighted by molar-refractivity contribution is 5.86. The van der Waals surface area contributed by atoms with Gasteiger partial charge in [0.1, 0.15) is 11.6 Å². The van der Waals surface area contributed by atoms with Crippen LogP contribution in [-0.4, -0.2) is 40.0 Å². The molecule has 5 heteroatoms. The largest absolute Gasteiger partial charge is 0.444 e. The highest BCUT2D eigenvalue weighted by atomic mass is 16.6. The van der Waals surface area contributed by atoms with Crippen molar-refractivity contribution < 1.29 is 14.3 Å². The van der Waals surface area contributed by atoms with E-state index < -0.39 is 5.60 Å². The van der Waals surface area contributed by atoms with Gasteiger partial charge in [-0.15, -0.1) is 0 Å². The van der Waals surface area contributed by atoms with Crippen molar-refractivity contribution in [2.24, 2.45) is 0 Å². The summed E-state index contributed by atoms with van der Waals surface area (Å²) in [6.07, 6.45) is 1.17. The van der Waals surface area contributed by atoms with Crippen LogP contribution in [0, 0.1) is 0 Å². The molecule has 2 aliphatic heterocycles. The molecule has 0 spiro atoms. The molecule has 1 aromatic carbocycles. The molecule has 0 saturated carbocycles. The van der Waals surface area contributed by atoms with Gasteiger partial charge in [-0.05, 0) is 44.7 Å². The SMILES string of the molecule is CC(C)(C)OC(=O)N1CCC[C@H]1C(=O)N1Cc2ccccc2C1. The van der Waals surface area contributed by atoms with E-state index in [-0.39, 0.29) is 18.0 Å².